The number of anilines is 2. The van der Waals surface area contributed by atoms with Crippen molar-refractivity contribution < 1.29 is 27.9 Å². The molecule has 248 valence electrons. The van der Waals surface area contributed by atoms with E-state index in [4.69, 9.17) is 4.98 Å². The number of nitrogens with zero attached hydrogens (tertiary/aromatic N) is 8. The van der Waals surface area contributed by atoms with Gasteiger partial charge in [0.05, 0.1) is 17.0 Å². The molecule has 2 N–H and O–H groups in total. The second-order valence-electron chi connectivity index (χ2n) is 11.9. The normalized spacial score (nSPS) is 15.6. The molecule has 16 heteroatoms. The lowest BCUT2D eigenvalue weighted by Crippen LogP contribution is -2.51. The summed E-state index contributed by atoms with van der Waals surface area (Å²) in [5.74, 6) is -0.401. The third-order valence-corrected chi connectivity index (χ3v) is 8.87. The van der Waals surface area contributed by atoms with Gasteiger partial charge in [0.15, 0.2) is 17.3 Å². The first-order valence-electron chi connectivity index (χ1n) is 15.4. The molecule has 0 spiro atoms. The van der Waals surface area contributed by atoms with E-state index in [0.717, 1.165) is 31.4 Å². The van der Waals surface area contributed by atoms with Crippen LogP contribution in [-0.2, 0) is 23.9 Å². The molecule has 2 aliphatic rings. The van der Waals surface area contributed by atoms with Crippen LogP contribution in [0.5, 0.6) is 5.75 Å². The maximum absolute atomic E-state index is 14.0. The van der Waals surface area contributed by atoms with Gasteiger partial charge in [0.2, 0.25) is 11.7 Å². The van der Waals surface area contributed by atoms with E-state index in [9.17, 15) is 32.7 Å². The van der Waals surface area contributed by atoms with Crippen LogP contribution < -0.4 is 15.8 Å². The van der Waals surface area contributed by atoms with Gasteiger partial charge in [-0.1, -0.05) is 13.3 Å². The highest BCUT2D eigenvalue weighted by atomic mass is 19.4. The first kappa shape index (κ1) is 31.9. The van der Waals surface area contributed by atoms with Gasteiger partial charge in [-0.25, -0.2) is 9.97 Å². The maximum atomic E-state index is 14.0. The number of hydrogen-bond donors (Lipinski definition) is 2. The van der Waals surface area contributed by atoms with Gasteiger partial charge in [0, 0.05) is 37.8 Å². The SMILES string of the molecule is CCc1c(N2CCN(C(=O)c3ncnc(C)c3O)CC2)c(=O)n2nc(C3CCC3)nc2n1CC(=O)Nc1ccc(C(F)(F)F)cc1C. The molecule has 1 aliphatic heterocycles. The number of benzene rings is 1. The lowest BCUT2D eigenvalue weighted by Gasteiger charge is -2.36. The average molecular weight is 654 g/mol. The smallest absolute Gasteiger partial charge is 0.416 e. The summed E-state index contributed by atoms with van der Waals surface area (Å²) < 4.78 is 42.4. The third-order valence-electron chi connectivity index (χ3n) is 8.87. The lowest BCUT2D eigenvalue weighted by atomic mass is 9.85. The molecule has 13 nitrogen and oxygen atoms in total. The summed E-state index contributed by atoms with van der Waals surface area (Å²) in [6.07, 6.45) is -0.128. The third kappa shape index (κ3) is 5.99. The van der Waals surface area contributed by atoms with Crippen molar-refractivity contribution in [3.63, 3.8) is 0 Å². The minimum Gasteiger partial charge on any atom is -0.504 e. The zero-order chi connectivity index (χ0) is 33.6. The molecule has 0 atom stereocenters. The van der Waals surface area contributed by atoms with Crippen LogP contribution in [0.3, 0.4) is 0 Å². The van der Waals surface area contributed by atoms with Crippen molar-refractivity contribution in [2.75, 3.05) is 36.4 Å². The molecular weight excluding hydrogens is 619 g/mol. The van der Waals surface area contributed by atoms with Crippen molar-refractivity contribution in [2.45, 2.75) is 65.1 Å². The van der Waals surface area contributed by atoms with E-state index in [1.807, 2.05) is 11.8 Å². The molecule has 3 aromatic heterocycles. The van der Waals surface area contributed by atoms with Gasteiger partial charge < -0.3 is 24.8 Å². The zero-order valence-corrected chi connectivity index (χ0v) is 26.1. The highest BCUT2D eigenvalue weighted by Crippen LogP contribution is 2.35. The van der Waals surface area contributed by atoms with Gasteiger partial charge in [-0.15, -0.1) is 5.10 Å². The summed E-state index contributed by atoms with van der Waals surface area (Å²) in [4.78, 5) is 56.6. The van der Waals surface area contributed by atoms with Crippen molar-refractivity contribution in [3.8, 4) is 5.75 Å². The Morgan fingerprint density at radius 1 is 1.09 bits per heavy atom. The maximum Gasteiger partial charge on any atom is 0.416 e. The number of aromatic hydroxyl groups is 1. The highest BCUT2D eigenvalue weighted by molar-refractivity contribution is 5.95. The summed E-state index contributed by atoms with van der Waals surface area (Å²) in [5, 5.41) is 17.6. The van der Waals surface area contributed by atoms with Gasteiger partial charge in [0.25, 0.3) is 11.5 Å². The Morgan fingerprint density at radius 3 is 2.43 bits per heavy atom. The first-order chi connectivity index (χ1) is 22.4. The molecule has 1 aromatic carbocycles. The molecule has 47 heavy (non-hydrogen) atoms. The van der Waals surface area contributed by atoms with Crippen molar-refractivity contribution in [1.82, 2.24) is 34.0 Å². The Kier molecular flexibility index (Phi) is 8.36. The van der Waals surface area contributed by atoms with Crippen LogP contribution in [0.4, 0.5) is 24.5 Å². The van der Waals surface area contributed by atoms with Crippen LogP contribution in [0.15, 0.2) is 29.3 Å². The number of fused-ring (bicyclic) bond motifs is 1. The molecule has 0 radical (unpaired) electrons. The van der Waals surface area contributed by atoms with E-state index >= 15 is 0 Å². The summed E-state index contributed by atoms with van der Waals surface area (Å²) in [7, 11) is 0. The van der Waals surface area contributed by atoms with Gasteiger partial charge in [-0.05, 0) is 56.9 Å². The van der Waals surface area contributed by atoms with Gasteiger partial charge in [-0.2, -0.15) is 22.7 Å². The van der Waals surface area contributed by atoms with E-state index in [-0.39, 0.29) is 72.8 Å². The van der Waals surface area contributed by atoms with Crippen LogP contribution in [0.1, 0.15) is 70.9 Å². The molecule has 2 fully saturated rings. The monoisotopic (exact) mass is 653 g/mol. The Morgan fingerprint density at radius 2 is 1.81 bits per heavy atom. The van der Waals surface area contributed by atoms with Crippen molar-refractivity contribution in [1.29, 1.82) is 0 Å². The number of carbonyl (C=O) groups excluding carboxylic acids is 2. The molecule has 4 heterocycles. The Labute approximate surface area is 267 Å². The number of hydrogen-bond acceptors (Lipinski definition) is 9. The standard InChI is InChI=1S/C31H34F3N9O4/c1-4-22-25(40-10-12-41(13-11-40)28(46)24-26(45)18(3)35-16-36-24)29(47)43-30(38-27(39-43)19-6-5-7-19)42(22)15-23(44)37-21-9-8-20(14-17(21)2)31(32,33)34/h8-9,14,16,19,45H,4-7,10-13,15H2,1-3H3,(H,37,44). The van der Waals surface area contributed by atoms with E-state index in [1.54, 1.807) is 16.4 Å². The number of amides is 2. The second-order valence-corrected chi connectivity index (χ2v) is 11.9. The number of carbonyl (C=O) groups is 2. The lowest BCUT2D eigenvalue weighted by molar-refractivity contribution is -0.137. The molecule has 4 aromatic rings. The topological polar surface area (TPSA) is 151 Å². The van der Waals surface area contributed by atoms with Crippen molar-refractivity contribution in [3.05, 3.63) is 68.9 Å². The van der Waals surface area contributed by atoms with Gasteiger partial charge in [0.1, 0.15) is 18.6 Å². The average Bonchev–Trinajstić information content (AvgIpc) is 3.44. The van der Waals surface area contributed by atoms with Crippen LogP contribution in [0.2, 0.25) is 0 Å². The quantitative estimate of drug-likeness (QED) is 0.306. The van der Waals surface area contributed by atoms with Crippen molar-refractivity contribution >= 4 is 29.0 Å². The Balaban J connectivity index is 1.32. The fourth-order valence-electron chi connectivity index (χ4n) is 6.00. The minimum atomic E-state index is -4.51. The van der Waals surface area contributed by atoms with E-state index < -0.39 is 29.1 Å². The van der Waals surface area contributed by atoms with E-state index in [2.05, 4.69) is 20.4 Å². The molecule has 0 bridgehead atoms. The number of aryl methyl sites for hydroxylation is 2. The Bertz CT molecular complexity index is 1930. The predicted octanol–water partition coefficient (Wildman–Crippen LogP) is 3.45. The molecule has 1 saturated carbocycles. The van der Waals surface area contributed by atoms with Crippen LogP contribution >= 0.6 is 0 Å². The predicted molar refractivity (Wildman–Crippen MR) is 165 cm³/mol. The fraction of sp³-hybridized carbons (Fsp3) is 0.452. The fourth-order valence-corrected chi connectivity index (χ4v) is 6.00. The second kappa shape index (κ2) is 12.3. The van der Waals surface area contributed by atoms with Gasteiger partial charge in [-0.3, -0.25) is 14.4 Å². The largest absolute Gasteiger partial charge is 0.504 e. The van der Waals surface area contributed by atoms with Gasteiger partial charge >= 0.3 is 6.18 Å². The number of alkyl halides is 3. The first-order valence-corrected chi connectivity index (χ1v) is 15.4. The molecular formula is C31H34F3N9O4. The minimum absolute atomic E-state index is 0.0931. The number of piperazine rings is 1. The number of halogens is 3. The molecule has 2 amide bonds. The number of aromatic nitrogens is 6. The summed E-state index contributed by atoms with van der Waals surface area (Å²) >= 11 is 0. The molecule has 1 saturated heterocycles. The van der Waals surface area contributed by atoms with Crippen LogP contribution in [0.25, 0.3) is 5.78 Å². The molecule has 6 rings (SSSR count). The summed E-state index contributed by atoms with van der Waals surface area (Å²) in [5.41, 5.74) is 0.344. The van der Waals surface area contributed by atoms with E-state index in [1.165, 1.54) is 23.8 Å². The molecule has 1 aliphatic carbocycles. The summed E-state index contributed by atoms with van der Waals surface area (Å²) in [6, 6.07) is 3.11. The number of nitrogens with one attached hydrogen (secondary N) is 1. The van der Waals surface area contributed by atoms with Crippen molar-refractivity contribution in [2.24, 2.45) is 0 Å². The van der Waals surface area contributed by atoms with Crippen LogP contribution in [0, 0.1) is 13.8 Å². The Hall–Kier alpha value is -5.02. The van der Waals surface area contributed by atoms with E-state index in [0.29, 0.717) is 23.6 Å². The van der Waals surface area contributed by atoms with Crippen LogP contribution in [-0.4, -0.2) is 77.1 Å². The highest BCUT2D eigenvalue weighted by Gasteiger charge is 2.33. The zero-order valence-electron chi connectivity index (χ0n) is 26.1. The molecule has 0 unspecified atom stereocenters. The number of rotatable bonds is 7. The summed E-state index contributed by atoms with van der Waals surface area (Å²) in [6.45, 7) is 5.68.